The number of fused-ring (bicyclic) bond motifs is 1. The van der Waals surface area contributed by atoms with Gasteiger partial charge in [-0.05, 0) is 51.6 Å². The van der Waals surface area contributed by atoms with E-state index in [4.69, 9.17) is 4.42 Å². The number of furan rings is 1. The summed E-state index contributed by atoms with van der Waals surface area (Å²) in [6.07, 6.45) is 7.01. The predicted molar refractivity (Wildman–Crippen MR) is 105 cm³/mol. The minimum Gasteiger partial charge on any atom is -0.459 e. The van der Waals surface area contributed by atoms with Crippen molar-refractivity contribution in [3.05, 3.63) is 59.8 Å². The van der Waals surface area contributed by atoms with Crippen LogP contribution >= 0.6 is 0 Å². The van der Waals surface area contributed by atoms with Crippen LogP contribution in [-0.2, 0) is 19.5 Å². The highest BCUT2D eigenvalue weighted by molar-refractivity contribution is 6.03. The number of hydrogen-bond acceptors (Lipinski definition) is 4. The first-order valence-electron chi connectivity index (χ1n) is 9.29. The van der Waals surface area contributed by atoms with Gasteiger partial charge < -0.3 is 19.2 Å². The number of nitrogens with zero attached hydrogens (tertiary/aromatic N) is 3. The van der Waals surface area contributed by atoms with Crippen molar-refractivity contribution in [1.82, 2.24) is 14.5 Å². The van der Waals surface area contributed by atoms with Gasteiger partial charge in [-0.15, -0.1) is 0 Å². The highest BCUT2D eigenvalue weighted by Crippen LogP contribution is 2.26. The third-order valence-corrected chi connectivity index (χ3v) is 4.82. The highest BCUT2D eigenvalue weighted by atomic mass is 16.3. The van der Waals surface area contributed by atoms with Crippen LogP contribution < -0.4 is 5.32 Å². The summed E-state index contributed by atoms with van der Waals surface area (Å²) in [4.78, 5) is 19.3. The molecule has 6 nitrogen and oxygen atoms in total. The van der Waals surface area contributed by atoms with Crippen molar-refractivity contribution in [2.45, 2.75) is 32.4 Å². The van der Waals surface area contributed by atoms with E-state index in [1.807, 2.05) is 55.5 Å². The normalized spacial score (nSPS) is 13.6. The lowest BCUT2D eigenvalue weighted by atomic mass is 10.1. The summed E-state index contributed by atoms with van der Waals surface area (Å²) in [6, 6.07) is 9.66. The second-order valence-electron chi connectivity index (χ2n) is 7.23. The van der Waals surface area contributed by atoms with Gasteiger partial charge in [-0.1, -0.05) is 12.1 Å². The Morgan fingerprint density at radius 3 is 3.04 bits per heavy atom. The minimum atomic E-state index is -0.237. The molecule has 27 heavy (non-hydrogen) atoms. The third-order valence-electron chi connectivity index (χ3n) is 4.82. The Morgan fingerprint density at radius 1 is 1.30 bits per heavy atom. The molecular formula is C21H24N4O2. The lowest BCUT2D eigenvalue weighted by Gasteiger charge is -2.17. The van der Waals surface area contributed by atoms with Crippen molar-refractivity contribution < 1.29 is 9.21 Å². The summed E-state index contributed by atoms with van der Waals surface area (Å²) in [5.74, 6) is 1.08. The Balaban J connectivity index is 1.56. The maximum absolute atomic E-state index is 12.7. The molecule has 0 atom stereocenters. The van der Waals surface area contributed by atoms with Gasteiger partial charge in [-0.2, -0.15) is 0 Å². The van der Waals surface area contributed by atoms with Crippen LogP contribution in [0.4, 0.5) is 5.69 Å². The van der Waals surface area contributed by atoms with E-state index in [2.05, 4.69) is 14.9 Å². The summed E-state index contributed by atoms with van der Waals surface area (Å²) >= 11 is 0. The molecule has 3 aromatic rings. The molecule has 0 spiro atoms. The van der Waals surface area contributed by atoms with Gasteiger partial charge in [0.15, 0.2) is 5.76 Å². The Bertz CT molecular complexity index is 955. The number of aryl methyl sites for hydroxylation is 1. The lowest BCUT2D eigenvalue weighted by Crippen LogP contribution is -2.17. The first-order valence-corrected chi connectivity index (χ1v) is 9.29. The summed E-state index contributed by atoms with van der Waals surface area (Å²) in [6.45, 7) is 1.65. The maximum Gasteiger partial charge on any atom is 0.291 e. The molecule has 0 unspecified atom stereocenters. The number of hydrogen-bond donors (Lipinski definition) is 1. The van der Waals surface area contributed by atoms with Crippen molar-refractivity contribution >= 4 is 11.6 Å². The average molecular weight is 364 g/mol. The van der Waals surface area contributed by atoms with Crippen molar-refractivity contribution in [1.29, 1.82) is 0 Å². The summed E-state index contributed by atoms with van der Waals surface area (Å²) in [7, 11) is 3.92. The second-order valence-corrected chi connectivity index (χ2v) is 7.23. The maximum atomic E-state index is 12.7. The first kappa shape index (κ1) is 17.5. The molecule has 2 aromatic heterocycles. The van der Waals surface area contributed by atoms with Crippen molar-refractivity contribution in [3.8, 4) is 11.4 Å². The number of carbonyl (C=O) groups excluding carboxylic acids is 1. The fourth-order valence-electron chi connectivity index (χ4n) is 3.59. The average Bonchev–Trinajstić information content (AvgIpc) is 3.28. The van der Waals surface area contributed by atoms with Crippen LogP contribution in [0.5, 0.6) is 0 Å². The van der Waals surface area contributed by atoms with Gasteiger partial charge in [0.1, 0.15) is 5.82 Å². The van der Waals surface area contributed by atoms with Crippen molar-refractivity contribution in [2.24, 2.45) is 0 Å². The highest BCUT2D eigenvalue weighted by Gasteiger charge is 2.18. The van der Waals surface area contributed by atoms with Gasteiger partial charge >= 0.3 is 0 Å². The number of nitrogens with one attached hydrogen (secondary N) is 1. The smallest absolute Gasteiger partial charge is 0.291 e. The largest absolute Gasteiger partial charge is 0.459 e. The van der Waals surface area contributed by atoms with E-state index in [0.29, 0.717) is 12.3 Å². The molecule has 6 heteroatoms. The zero-order valence-electron chi connectivity index (χ0n) is 15.7. The molecular weight excluding hydrogens is 340 g/mol. The van der Waals surface area contributed by atoms with Crippen LogP contribution in [0, 0.1) is 0 Å². The fraction of sp³-hybridized carbons (Fsp3) is 0.333. The van der Waals surface area contributed by atoms with E-state index in [-0.39, 0.29) is 5.91 Å². The zero-order valence-corrected chi connectivity index (χ0v) is 15.7. The van der Waals surface area contributed by atoms with Crippen molar-refractivity contribution in [3.63, 3.8) is 0 Å². The SMILES string of the molecule is CN(C)Cc1ccoc1C(=O)Nc1cccc(-c2ncc3n2CCCC3)c1. The summed E-state index contributed by atoms with van der Waals surface area (Å²) in [5, 5.41) is 2.95. The Kier molecular flexibility index (Phi) is 4.81. The molecule has 0 radical (unpaired) electrons. The standard InChI is InChI=1S/C21H24N4O2/c1-24(2)14-16-9-11-27-19(16)21(26)23-17-7-5-6-15(12-17)20-22-13-18-8-3-4-10-25(18)20/h5-7,9,11-13H,3-4,8,10,14H2,1-2H3,(H,23,26). The molecule has 0 saturated heterocycles. The van der Waals surface area contributed by atoms with Gasteiger partial charge in [-0.3, -0.25) is 4.79 Å². The van der Waals surface area contributed by atoms with E-state index in [1.165, 1.54) is 18.5 Å². The first-order chi connectivity index (χ1) is 13.1. The third kappa shape index (κ3) is 3.66. The molecule has 1 aromatic carbocycles. The summed E-state index contributed by atoms with van der Waals surface area (Å²) < 4.78 is 7.71. The molecule has 0 saturated carbocycles. The molecule has 1 N–H and O–H groups in total. The van der Waals surface area contributed by atoms with E-state index >= 15 is 0 Å². The van der Waals surface area contributed by atoms with Gasteiger partial charge in [-0.25, -0.2) is 4.98 Å². The molecule has 0 fully saturated rings. The van der Waals surface area contributed by atoms with Crippen LogP contribution in [0.15, 0.2) is 47.2 Å². The topological polar surface area (TPSA) is 63.3 Å². The summed E-state index contributed by atoms with van der Waals surface area (Å²) in [5.41, 5.74) is 3.90. The molecule has 0 bridgehead atoms. The van der Waals surface area contributed by atoms with Gasteiger partial charge in [0.2, 0.25) is 0 Å². The van der Waals surface area contributed by atoms with E-state index in [1.54, 1.807) is 6.26 Å². The van der Waals surface area contributed by atoms with E-state index in [9.17, 15) is 4.79 Å². The molecule has 140 valence electrons. The van der Waals surface area contributed by atoms with Gasteiger partial charge in [0.25, 0.3) is 5.91 Å². The van der Waals surface area contributed by atoms with Gasteiger partial charge in [0.05, 0.1) is 6.26 Å². The van der Waals surface area contributed by atoms with Crippen LogP contribution in [-0.4, -0.2) is 34.5 Å². The molecule has 0 aliphatic carbocycles. The Labute approximate surface area is 158 Å². The number of amides is 1. The zero-order chi connectivity index (χ0) is 18.8. The van der Waals surface area contributed by atoms with E-state index in [0.717, 1.165) is 35.6 Å². The Morgan fingerprint density at radius 2 is 2.19 bits per heavy atom. The van der Waals surface area contributed by atoms with Crippen LogP contribution in [0.1, 0.15) is 34.7 Å². The number of rotatable bonds is 5. The number of benzene rings is 1. The quantitative estimate of drug-likeness (QED) is 0.748. The van der Waals surface area contributed by atoms with E-state index < -0.39 is 0 Å². The Hall–Kier alpha value is -2.86. The molecule has 3 heterocycles. The second kappa shape index (κ2) is 7.40. The van der Waals surface area contributed by atoms with Gasteiger partial charge in [0, 0.05) is 41.8 Å². The number of imidazole rings is 1. The number of carbonyl (C=O) groups is 1. The van der Waals surface area contributed by atoms with Crippen molar-refractivity contribution in [2.75, 3.05) is 19.4 Å². The number of aromatic nitrogens is 2. The lowest BCUT2D eigenvalue weighted by molar-refractivity contribution is 0.0994. The molecule has 1 aliphatic rings. The predicted octanol–water partition coefficient (Wildman–Crippen LogP) is 3.79. The van der Waals surface area contributed by atoms with Crippen LogP contribution in [0.25, 0.3) is 11.4 Å². The number of anilines is 1. The minimum absolute atomic E-state index is 0.237. The monoisotopic (exact) mass is 364 g/mol. The fourth-order valence-corrected chi connectivity index (χ4v) is 3.59. The molecule has 1 aliphatic heterocycles. The molecule has 1 amide bonds. The molecule has 4 rings (SSSR count). The van der Waals surface area contributed by atoms with Crippen LogP contribution in [0.2, 0.25) is 0 Å². The van der Waals surface area contributed by atoms with Crippen LogP contribution in [0.3, 0.4) is 0 Å².